The van der Waals surface area contributed by atoms with Crippen molar-refractivity contribution >= 4 is 40.2 Å². The van der Waals surface area contributed by atoms with E-state index in [0.29, 0.717) is 23.3 Å². The van der Waals surface area contributed by atoms with Crippen molar-refractivity contribution in [3.05, 3.63) is 75.1 Å². The van der Waals surface area contributed by atoms with E-state index < -0.39 is 30.0 Å². The van der Waals surface area contributed by atoms with Gasteiger partial charge in [0.05, 0.1) is 16.2 Å². The van der Waals surface area contributed by atoms with Crippen molar-refractivity contribution < 1.29 is 33.7 Å². The molecular formula is C28H32FIN2O6. The van der Waals surface area contributed by atoms with E-state index >= 15 is 0 Å². The summed E-state index contributed by atoms with van der Waals surface area (Å²) in [6.45, 7) is 1.34. The zero-order valence-electron chi connectivity index (χ0n) is 21.1. The molecule has 2 aromatic rings. The topological polar surface area (TPSA) is 116 Å². The first-order chi connectivity index (χ1) is 18.2. The average Bonchev–Trinajstić information content (AvgIpc) is 2.89. The summed E-state index contributed by atoms with van der Waals surface area (Å²) in [6.07, 6.45) is 0.131. The molecule has 0 aromatic heterocycles. The highest BCUT2D eigenvalue weighted by Gasteiger charge is 2.40. The van der Waals surface area contributed by atoms with Gasteiger partial charge in [-0.3, -0.25) is 9.59 Å². The van der Waals surface area contributed by atoms with Crippen molar-refractivity contribution in [1.82, 2.24) is 10.2 Å². The highest BCUT2D eigenvalue weighted by atomic mass is 127. The van der Waals surface area contributed by atoms with Gasteiger partial charge in [-0.25, -0.2) is 4.39 Å². The fraction of sp³-hybridized carbons (Fsp3) is 0.393. The van der Waals surface area contributed by atoms with Crippen LogP contribution >= 0.6 is 22.6 Å². The SMILES string of the molecule is CC(=O)CCCC(=O)N(Cc1ccc(F)cc1)C1CC(C(=O)NCCO)=CC(Oc2ccccc2I)C1O. The Labute approximate surface area is 235 Å². The lowest BCUT2D eigenvalue weighted by atomic mass is 9.87. The van der Waals surface area contributed by atoms with Crippen LogP contribution in [-0.4, -0.2) is 64.1 Å². The first kappa shape index (κ1) is 29.7. The maximum atomic E-state index is 13.5. The van der Waals surface area contributed by atoms with Crippen molar-refractivity contribution in [2.24, 2.45) is 0 Å². The predicted octanol–water partition coefficient (Wildman–Crippen LogP) is 3.13. The van der Waals surface area contributed by atoms with Crippen LogP contribution in [0.1, 0.15) is 38.2 Å². The molecule has 204 valence electrons. The Morgan fingerprint density at radius 1 is 1.13 bits per heavy atom. The van der Waals surface area contributed by atoms with Gasteiger partial charge in [0.15, 0.2) is 0 Å². The minimum atomic E-state index is -1.18. The van der Waals surface area contributed by atoms with Crippen molar-refractivity contribution in [2.45, 2.75) is 57.4 Å². The van der Waals surface area contributed by atoms with Crippen molar-refractivity contribution in [3.63, 3.8) is 0 Å². The summed E-state index contributed by atoms with van der Waals surface area (Å²) >= 11 is 2.11. The Bertz CT molecular complexity index is 1160. The molecule has 0 fully saturated rings. The number of benzene rings is 2. The van der Waals surface area contributed by atoms with E-state index in [1.165, 1.54) is 24.0 Å². The number of aliphatic hydroxyl groups is 2. The third-order valence-corrected chi connectivity index (χ3v) is 7.11. The number of rotatable bonds is 12. The zero-order valence-corrected chi connectivity index (χ0v) is 23.3. The Morgan fingerprint density at radius 3 is 2.50 bits per heavy atom. The van der Waals surface area contributed by atoms with E-state index in [9.17, 15) is 23.9 Å². The third kappa shape index (κ3) is 8.34. The summed E-state index contributed by atoms with van der Waals surface area (Å²) in [7, 11) is 0. The second kappa shape index (κ2) is 14.4. The van der Waals surface area contributed by atoms with Crippen LogP contribution < -0.4 is 10.1 Å². The summed E-state index contributed by atoms with van der Waals surface area (Å²) in [4.78, 5) is 39.3. The number of hydrogen-bond donors (Lipinski definition) is 3. The molecular weight excluding hydrogens is 606 g/mol. The summed E-state index contributed by atoms with van der Waals surface area (Å²) in [5.41, 5.74) is 0.958. The van der Waals surface area contributed by atoms with E-state index in [-0.39, 0.29) is 50.6 Å². The fourth-order valence-corrected chi connectivity index (χ4v) is 4.79. The Balaban J connectivity index is 1.95. The summed E-state index contributed by atoms with van der Waals surface area (Å²) < 4.78 is 20.5. The van der Waals surface area contributed by atoms with Crippen LogP contribution in [0, 0.1) is 9.39 Å². The molecule has 10 heteroatoms. The van der Waals surface area contributed by atoms with E-state index in [1.54, 1.807) is 30.3 Å². The molecule has 0 saturated heterocycles. The number of nitrogens with zero attached hydrogens (tertiary/aromatic N) is 1. The lowest BCUT2D eigenvalue weighted by molar-refractivity contribution is -0.139. The van der Waals surface area contributed by atoms with Gasteiger partial charge in [-0.2, -0.15) is 0 Å². The van der Waals surface area contributed by atoms with Crippen molar-refractivity contribution in [2.75, 3.05) is 13.2 Å². The second-order valence-electron chi connectivity index (χ2n) is 9.15. The van der Waals surface area contributed by atoms with Gasteiger partial charge in [0.1, 0.15) is 29.6 Å². The summed E-state index contributed by atoms with van der Waals surface area (Å²) in [6, 6.07) is 12.1. The van der Waals surface area contributed by atoms with Crippen LogP contribution in [0.4, 0.5) is 4.39 Å². The number of ketones is 1. The Morgan fingerprint density at radius 2 is 1.84 bits per heavy atom. The van der Waals surface area contributed by atoms with Crippen LogP contribution in [0.15, 0.2) is 60.2 Å². The molecule has 0 radical (unpaired) electrons. The maximum absolute atomic E-state index is 13.5. The zero-order chi connectivity index (χ0) is 27.7. The minimum absolute atomic E-state index is 0.0303. The first-order valence-electron chi connectivity index (χ1n) is 12.4. The number of halogens is 2. The molecule has 0 spiro atoms. The molecule has 3 rings (SSSR count). The van der Waals surface area contributed by atoms with Gasteiger partial charge >= 0.3 is 0 Å². The highest BCUT2D eigenvalue weighted by Crippen LogP contribution is 2.31. The number of nitrogens with one attached hydrogen (secondary N) is 1. The Kier molecular flexibility index (Phi) is 11.2. The summed E-state index contributed by atoms with van der Waals surface area (Å²) in [5.74, 6) is -0.662. The number of Topliss-reactive ketones (excluding diaryl/α,β-unsaturated/α-hetero) is 1. The van der Waals surface area contributed by atoms with Gasteiger partial charge in [0.2, 0.25) is 11.8 Å². The molecule has 0 saturated carbocycles. The fourth-order valence-electron chi connectivity index (χ4n) is 4.28. The first-order valence-corrected chi connectivity index (χ1v) is 13.5. The molecule has 0 aliphatic heterocycles. The van der Waals surface area contributed by atoms with Gasteiger partial charge in [-0.1, -0.05) is 24.3 Å². The van der Waals surface area contributed by atoms with Gasteiger partial charge < -0.3 is 30.0 Å². The molecule has 2 aromatic carbocycles. The maximum Gasteiger partial charge on any atom is 0.247 e. The number of aliphatic hydroxyl groups excluding tert-OH is 2. The lowest BCUT2D eigenvalue weighted by Crippen LogP contribution is -2.54. The molecule has 0 heterocycles. The van der Waals surface area contributed by atoms with Gasteiger partial charge in [-0.05, 0) is 71.8 Å². The van der Waals surface area contributed by atoms with Crippen LogP contribution in [0.2, 0.25) is 0 Å². The predicted molar refractivity (Wildman–Crippen MR) is 148 cm³/mol. The molecule has 3 N–H and O–H groups in total. The van der Waals surface area contributed by atoms with Crippen LogP contribution in [0.5, 0.6) is 5.75 Å². The third-order valence-electron chi connectivity index (χ3n) is 6.22. The van der Waals surface area contributed by atoms with E-state index in [0.717, 1.165) is 3.57 Å². The molecule has 1 aliphatic carbocycles. The second-order valence-corrected chi connectivity index (χ2v) is 10.3. The quantitative estimate of drug-likeness (QED) is 0.308. The number of carbonyl (C=O) groups excluding carboxylic acids is 3. The molecule has 0 bridgehead atoms. The number of hydrogen-bond acceptors (Lipinski definition) is 6. The van der Waals surface area contributed by atoms with Crippen LogP contribution in [-0.2, 0) is 20.9 Å². The summed E-state index contributed by atoms with van der Waals surface area (Å²) in [5, 5.41) is 23.2. The minimum Gasteiger partial charge on any atom is -0.482 e. The number of amides is 2. The van der Waals surface area contributed by atoms with Gasteiger partial charge in [0, 0.05) is 37.9 Å². The average molecular weight is 638 g/mol. The number of para-hydroxylation sites is 1. The molecule has 8 nitrogen and oxygen atoms in total. The highest BCUT2D eigenvalue weighted by molar-refractivity contribution is 14.1. The normalized spacial score (nSPS) is 18.9. The van der Waals surface area contributed by atoms with Gasteiger partial charge in [-0.15, -0.1) is 0 Å². The van der Waals surface area contributed by atoms with Gasteiger partial charge in [0.25, 0.3) is 0 Å². The lowest BCUT2D eigenvalue weighted by Gasteiger charge is -2.40. The Hall–Kier alpha value is -2.83. The van der Waals surface area contributed by atoms with Crippen LogP contribution in [0.3, 0.4) is 0 Å². The van der Waals surface area contributed by atoms with E-state index in [1.807, 2.05) is 12.1 Å². The molecule has 38 heavy (non-hydrogen) atoms. The van der Waals surface area contributed by atoms with E-state index in [2.05, 4.69) is 27.9 Å². The number of ether oxygens (including phenoxy) is 1. The molecule has 3 unspecified atom stereocenters. The number of carbonyl (C=O) groups is 3. The smallest absolute Gasteiger partial charge is 0.247 e. The molecule has 1 aliphatic rings. The van der Waals surface area contributed by atoms with Crippen molar-refractivity contribution in [3.8, 4) is 5.75 Å². The van der Waals surface area contributed by atoms with Crippen LogP contribution in [0.25, 0.3) is 0 Å². The van der Waals surface area contributed by atoms with E-state index in [4.69, 9.17) is 9.84 Å². The molecule has 2 amide bonds. The standard InChI is InChI=1S/C28H32FIN2O6/c1-18(34)5-4-8-26(35)32(17-19-9-11-21(29)12-10-19)23-15-20(28(37)31-13-14-33)16-25(27(23)36)38-24-7-3-2-6-22(24)30/h2-3,6-7,9-12,16,23,25,27,33,36H,4-5,8,13-15,17H2,1H3,(H,31,37). The monoisotopic (exact) mass is 638 g/mol. The largest absolute Gasteiger partial charge is 0.482 e. The van der Waals surface area contributed by atoms with Crippen molar-refractivity contribution in [1.29, 1.82) is 0 Å². The molecule has 3 atom stereocenters.